The number of carbonyl (C=O) groups excluding carboxylic acids is 3. The van der Waals surface area contributed by atoms with Gasteiger partial charge in [0.05, 0.1) is 24.0 Å². The van der Waals surface area contributed by atoms with Crippen LogP contribution in [0.4, 0.5) is 5.69 Å². The number of hydrogen-bond donors (Lipinski definition) is 5. The maximum absolute atomic E-state index is 12.8. The summed E-state index contributed by atoms with van der Waals surface area (Å²) < 4.78 is 5.35. The number of esters is 1. The number of amidine groups is 1. The largest absolute Gasteiger partial charge is 0.508 e. The van der Waals surface area contributed by atoms with E-state index in [1.807, 2.05) is 0 Å². The number of anilines is 1. The molecule has 1 heterocycles. The number of allylic oxidation sites excluding steroid dienone is 1. The maximum atomic E-state index is 12.8. The van der Waals surface area contributed by atoms with Crippen molar-refractivity contribution in [1.82, 2.24) is 10.6 Å². The van der Waals surface area contributed by atoms with E-state index in [0.717, 1.165) is 38.1 Å². The maximum Gasteiger partial charge on any atom is 0.306 e. The van der Waals surface area contributed by atoms with E-state index in [1.165, 1.54) is 24.3 Å². The van der Waals surface area contributed by atoms with Crippen LogP contribution in [0.25, 0.3) is 0 Å². The van der Waals surface area contributed by atoms with E-state index in [1.54, 1.807) is 13.0 Å². The van der Waals surface area contributed by atoms with Crippen LogP contribution in [-0.2, 0) is 14.3 Å². The number of phenols is 2. The van der Waals surface area contributed by atoms with Crippen LogP contribution >= 0.6 is 27.5 Å². The Labute approximate surface area is 246 Å². The summed E-state index contributed by atoms with van der Waals surface area (Å²) in [6, 6.07) is 7.31. The first-order chi connectivity index (χ1) is 19.1. The van der Waals surface area contributed by atoms with Crippen molar-refractivity contribution in [3.63, 3.8) is 0 Å². The van der Waals surface area contributed by atoms with E-state index in [4.69, 9.17) is 16.3 Å². The summed E-state index contributed by atoms with van der Waals surface area (Å²) >= 11 is 9.37. The van der Waals surface area contributed by atoms with Gasteiger partial charge in [-0.2, -0.15) is 0 Å². The van der Waals surface area contributed by atoms with E-state index in [0.29, 0.717) is 15.2 Å². The van der Waals surface area contributed by atoms with Crippen molar-refractivity contribution < 1.29 is 29.3 Å². The number of phenolic OH excluding ortho intramolecular Hbond substituents is 2. The number of carbonyl (C=O) groups is 3. The van der Waals surface area contributed by atoms with E-state index >= 15 is 0 Å². The Bertz CT molecular complexity index is 1320. The fraction of sp³-hybridized carbons (Fsp3) is 0.357. The zero-order valence-electron chi connectivity index (χ0n) is 22.1. The number of benzene rings is 2. The van der Waals surface area contributed by atoms with E-state index in [-0.39, 0.29) is 41.4 Å². The number of amides is 2. The summed E-state index contributed by atoms with van der Waals surface area (Å²) in [6.07, 6.45) is 3.69. The number of rotatable bonds is 10. The molecule has 0 aliphatic carbocycles. The number of nitrogens with zero attached hydrogens (tertiary/aromatic N) is 1. The lowest BCUT2D eigenvalue weighted by Gasteiger charge is -2.22. The van der Waals surface area contributed by atoms with Crippen LogP contribution in [-0.4, -0.2) is 53.5 Å². The lowest BCUT2D eigenvalue weighted by atomic mass is 9.92. The van der Waals surface area contributed by atoms with E-state index in [9.17, 15) is 24.6 Å². The first-order valence-electron chi connectivity index (χ1n) is 12.8. The molecular formula is C28H32BrClN4O6. The SMILES string of the molecule is C=C(NC(=O)CNC(=O)c1cc(O)cc(NC2=NCCCCC2)c1)[C@H](CC(=O)OCC)c1cc(Cl)cc(Br)c1O. The van der Waals surface area contributed by atoms with Gasteiger partial charge in [-0.3, -0.25) is 19.4 Å². The topological polar surface area (TPSA) is 149 Å². The second-order valence-corrected chi connectivity index (χ2v) is 10.5. The first-order valence-corrected chi connectivity index (χ1v) is 14.0. The Morgan fingerprint density at radius 2 is 1.93 bits per heavy atom. The van der Waals surface area contributed by atoms with Crippen molar-refractivity contribution in [2.75, 3.05) is 25.0 Å². The van der Waals surface area contributed by atoms with Crippen molar-refractivity contribution >= 4 is 56.8 Å². The summed E-state index contributed by atoms with van der Waals surface area (Å²) in [5.74, 6) is -2.10. The van der Waals surface area contributed by atoms with Gasteiger partial charge in [-0.25, -0.2) is 0 Å². The second kappa shape index (κ2) is 14.7. The van der Waals surface area contributed by atoms with Gasteiger partial charge in [0.1, 0.15) is 17.3 Å². The molecule has 2 aromatic rings. The minimum Gasteiger partial charge on any atom is -0.508 e. The minimum atomic E-state index is -0.861. The average Bonchev–Trinajstić information content (AvgIpc) is 3.16. The van der Waals surface area contributed by atoms with Gasteiger partial charge in [-0.05, 0) is 60.0 Å². The van der Waals surface area contributed by atoms with Crippen molar-refractivity contribution in [3.8, 4) is 11.5 Å². The molecule has 10 nitrogen and oxygen atoms in total. The molecule has 1 atom stereocenters. The monoisotopic (exact) mass is 634 g/mol. The Morgan fingerprint density at radius 3 is 2.67 bits per heavy atom. The number of nitrogens with one attached hydrogen (secondary N) is 3. The molecule has 0 fully saturated rings. The molecule has 3 rings (SSSR count). The summed E-state index contributed by atoms with van der Waals surface area (Å²) in [5, 5.41) is 29.3. The Balaban J connectivity index is 1.66. The van der Waals surface area contributed by atoms with Crippen LogP contribution in [0.5, 0.6) is 11.5 Å². The van der Waals surface area contributed by atoms with Crippen molar-refractivity contribution in [1.29, 1.82) is 0 Å². The fourth-order valence-electron chi connectivity index (χ4n) is 4.19. The van der Waals surface area contributed by atoms with Crippen LogP contribution < -0.4 is 16.0 Å². The number of ether oxygens (including phenoxy) is 1. The molecule has 0 unspecified atom stereocenters. The molecule has 0 aromatic heterocycles. The van der Waals surface area contributed by atoms with Gasteiger partial charge in [0.2, 0.25) is 5.91 Å². The molecule has 12 heteroatoms. The highest BCUT2D eigenvalue weighted by Gasteiger charge is 2.26. The fourth-order valence-corrected chi connectivity index (χ4v) is 5.02. The molecule has 214 valence electrons. The van der Waals surface area contributed by atoms with Gasteiger partial charge in [0.25, 0.3) is 5.91 Å². The van der Waals surface area contributed by atoms with Crippen molar-refractivity contribution in [3.05, 3.63) is 63.2 Å². The average molecular weight is 636 g/mol. The lowest BCUT2D eigenvalue weighted by Crippen LogP contribution is -2.37. The molecule has 1 aliphatic rings. The van der Waals surface area contributed by atoms with Gasteiger partial charge in [0.15, 0.2) is 0 Å². The molecule has 0 bridgehead atoms. The quantitative estimate of drug-likeness (QED) is 0.231. The van der Waals surface area contributed by atoms with Crippen LogP contribution in [0.2, 0.25) is 5.02 Å². The standard InChI is InChI=1S/C28H32BrClN4O6/c1-3-40-26(37)14-21(22-11-18(30)12-23(29)27(22)38)16(2)33-25(36)15-32-28(39)17-9-19(13-20(35)10-17)34-24-7-5-4-6-8-31-24/h9-13,21,35,38H,2-8,14-15H2,1H3,(H,31,34)(H,32,39)(H,33,36)/t21-/m0/s1. The predicted molar refractivity (Wildman–Crippen MR) is 157 cm³/mol. The van der Waals surface area contributed by atoms with Crippen LogP contribution in [0.15, 0.2) is 52.1 Å². The molecule has 0 spiro atoms. The Kier molecular flexibility index (Phi) is 11.4. The summed E-state index contributed by atoms with van der Waals surface area (Å²) in [6.45, 7) is 6.01. The molecule has 2 aromatic carbocycles. The Morgan fingerprint density at radius 1 is 1.15 bits per heavy atom. The van der Waals surface area contributed by atoms with Gasteiger partial charge in [0, 0.05) is 52.5 Å². The zero-order valence-corrected chi connectivity index (χ0v) is 24.4. The van der Waals surface area contributed by atoms with Crippen molar-refractivity contribution in [2.24, 2.45) is 4.99 Å². The Hall–Kier alpha value is -3.57. The van der Waals surface area contributed by atoms with Crippen LogP contribution in [0, 0.1) is 0 Å². The van der Waals surface area contributed by atoms with Gasteiger partial charge >= 0.3 is 5.97 Å². The van der Waals surface area contributed by atoms with Gasteiger partial charge < -0.3 is 30.9 Å². The second-order valence-electron chi connectivity index (χ2n) is 9.18. The highest BCUT2D eigenvalue weighted by Crippen LogP contribution is 2.39. The van der Waals surface area contributed by atoms with Gasteiger partial charge in [-0.1, -0.05) is 24.6 Å². The molecule has 5 N–H and O–H groups in total. The smallest absolute Gasteiger partial charge is 0.306 e. The zero-order chi connectivity index (χ0) is 29.2. The first kappa shape index (κ1) is 31.0. The number of aromatic hydroxyl groups is 2. The highest BCUT2D eigenvalue weighted by molar-refractivity contribution is 9.10. The predicted octanol–water partition coefficient (Wildman–Crippen LogP) is 4.99. The normalized spacial score (nSPS) is 13.8. The van der Waals surface area contributed by atoms with E-state index in [2.05, 4.69) is 43.5 Å². The molecule has 40 heavy (non-hydrogen) atoms. The molecular weight excluding hydrogens is 604 g/mol. The summed E-state index contributed by atoms with van der Waals surface area (Å²) in [7, 11) is 0. The van der Waals surface area contributed by atoms with Crippen molar-refractivity contribution in [2.45, 2.75) is 44.9 Å². The highest BCUT2D eigenvalue weighted by atomic mass is 79.9. The van der Waals surface area contributed by atoms with E-state index < -0.39 is 30.2 Å². The lowest BCUT2D eigenvalue weighted by molar-refractivity contribution is -0.143. The number of halogens is 2. The third-order valence-electron chi connectivity index (χ3n) is 6.08. The molecule has 0 saturated carbocycles. The van der Waals surface area contributed by atoms with Crippen LogP contribution in [0.3, 0.4) is 0 Å². The minimum absolute atomic E-state index is 0.102. The van der Waals surface area contributed by atoms with Crippen LogP contribution in [0.1, 0.15) is 60.9 Å². The molecule has 0 saturated heterocycles. The summed E-state index contributed by atoms with van der Waals surface area (Å²) in [5.41, 5.74) is 1.03. The van der Waals surface area contributed by atoms with Gasteiger partial charge in [-0.15, -0.1) is 0 Å². The molecule has 0 radical (unpaired) electrons. The molecule has 1 aliphatic heterocycles. The number of hydrogen-bond acceptors (Lipinski definition) is 8. The molecule has 2 amide bonds. The summed E-state index contributed by atoms with van der Waals surface area (Å²) in [4.78, 5) is 42.3. The number of aliphatic imine (C=N–C) groups is 1. The third-order valence-corrected chi connectivity index (χ3v) is 6.90. The third kappa shape index (κ3) is 8.99.